The summed E-state index contributed by atoms with van der Waals surface area (Å²) in [5.74, 6) is 0.728. The topological polar surface area (TPSA) is 67.0 Å². The third-order valence-corrected chi connectivity index (χ3v) is 4.70. The predicted molar refractivity (Wildman–Crippen MR) is 102 cm³/mol. The molecule has 2 aromatic carbocycles. The van der Waals surface area contributed by atoms with Crippen molar-refractivity contribution in [3.8, 4) is 10.9 Å². The van der Waals surface area contributed by atoms with Crippen molar-refractivity contribution >= 4 is 28.1 Å². The number of para-hydroxylation sites is 1. The van der Waals surface area contributed by atoms with E-state index in [0.29, 0.717) is 18.2 Å². The van der Waals surface area contributed by atoms with Gasteiger partial charge in [0.2, 0.25) is 5.91 Å². The second-order valence-corrected chi connectivity index (χ2v) is 6.71. The summed E-state index contributed by atoms with van der Waals surface area (Å²) in [6.07, 6.45) is 3.96. The number of carbonyl (C=O) groups is 1. The lowest BCUT2D eigenvalue weighted by atomic mass is 10.1. The average Bonchev–Trinajstić information content (AvgIpc) is 3.32. The molecule has 0 radical (unpaired) electrons. The van der Waals surface area contributed by atoms with Crippen LogP contribution in [-0.4, -0.2) is 15.9 Å². The first-order valence-corrected chi connectivity index (χ1v) is 9.14. The van der Waals surface area contributed by atoms with E-state index in [-0.39, 0.29) is 5.91 Å². The Hall–Kier alpha value is -3.12. The van der Waals surface area contributed by atoms with Gasteiger partial charge in [-0.3, -0.25) is 4.79 Å². The summed E-state index contributed by atoms with van der Waals surface area (Å²) in [6, 6.07) is 15.6. The lowest BCUT2D eigenvalue weighted by Crippen LogP contribution is -2.24. The molecule has 0 unspecified atom stereocenters. The molecule has 26 heavy (non-hydrogen) atoms. The monoisotopic (exact) mass is 363 g/mol. The molecule has 0 saturated carbocycles. The summed E-state index contributed by atoms with van der Waals surface area (Å²) in [5.41, 5.74) is 3.07. The van der Waals surface area contributed by atoms with Crippen molar-refractivity contribution < 1.29 is 9.53 Å². The largest absolute Gasteiger partial charge is 0.431 e. The Bertz CT molecular complexity index is 1010. The fourth-order valence-corrected chi connectivity index (χ4v) is 3.26. The van der Waals surface area contributed by atoms with Crippen molar-refractivity contribution in [2.24, 2.45) is 0 Å². The Morgan fingerprint density at radius 3 is 2.81 bits per heavy atom. The SMILES string of the molecule is O=C(Cc1c[nH]c2ccccc12)NCc1ccc(Oc2nccs2)cc1. The highest BCUT2D eigenvalue weighted by Crippen LogP contribution is 2.23. The van der Waals surface area contributed by atoms with Crippen LogP contribution in [0.2, 0.25) is 0 Å². The van der Waals surface area contributed by atoms with Crippen LogP contribution in [0.5, 0.6) is 10.9 Å². The van der Waals surface area contributed by atoms with Crippen molar-refractivity contribution in [1.82, 2.24) is 15.3 Å². The highest BCUT2D eigenvalue weighted by molar-refractivity contribution is 7.11. The molecule has 1 amide bonds. The zero-order valence-corrected chi connectivity index (χ0v) is 14.8. The first-order chi connectivity index (χ1) is 12.8. The highest BCUT2D eigenvalue weighted by atomic mass is 32.1. The lowest BCUT2D eigenvalue weighted by Gasteiger charge is -2.06. The summed E-state index contributed by atoms with van der Waals surface area (Å²) >= 11 is 1.45. The molecule has 0 atom stereocenters. The zero-order valence-electron chi connectivity index (χ0n) is 13.9. The van der Waals surface area contributed by atoms with Crippen LogP contribution in [0, 0.1) is 0 Å². The number of nitrogens with one attached hydrogen (secondary N) is 2. The number of nitrogens with zero attached hydrogens (tertiary/aromatic N) is 1. The average molecular weight is 363 g/mol. The fraction of sp³-hybridized carbons (Fsp3) is 0.100. The van der Waals surface area contributed by atoms with Crippen LogP contribution in [0.4, 0.5) is 0 Å². The van der Waals surface area contributed by atoms with Gasteiger partial charge in [0.15, 0.2) is 0 Å². The maximum atomic E-state index is 12.2. The smallest absolute Gasteiger partial charge is 0.278 e. The lowest BCUT2D eigenvalue weighted by molar-refractivity contribution is -0.120. The first kappa shape index (κ1) is 16.4. The molecule has 5 nitrogen and oxygen atoms in total. The van der Waals surface area contributed by atoms with Gasteiger partial charge in [-0.05, 0) is 29.3 Å². The van der Waals surface area contributed by atoms with Crippen molar-refractivity contribution in [2.45, 2.75) is 13.0 Å². The minimum Gasteiger partial charge on any atom is -0.431 e. The van der Waals surface area contributed by atoms with Gasteiger partial charge < -0.3 is 15.0 Å². The number of aromatic nitrogens is 2. The van der Waals surface area contributed by atoms with E-state index in [1.807, 2.05) is 60.1 Å². The van der Waals surface area contributed by atoms with E-state index in [1.165, 1.54) is 11.3 Å². The van der Waals surface area contributed by atoms with Crippen LogP contribution in [0.25, 0.3) is 10.9 Å². The summed E-state index contributed by atoms with van der Waals surface area (Å²) < 4.78 is 5.63. The van der Waals surface area contributed by atoms with Crippen molar-refractivity contribution in [2.75, 3.05) is 0 Å². The van der Waals surface area contributed by atoms with E-state index >= 15 is 0 Å². The Morgan fingerprint density at radius 1 is 1.15 bits per heavy atom. The van der Waals surface area contributed by atoms with Gasteiger partial charge in [-0.25, -0.2) is 4.98 Å². The van der Waals surface area contributed by atoms with Gasteiger partial charge in [0.1, 0.15) is 5.75 Å². The number of benzene rings is 2. The molecule has 4 aromatic rings. The number of thiazole rings is 1. The van der Waals surface area contributed by atoms with E-state index in [2.05, 4.69) is 15.3 Å². The molecule has 2 aromatic heterocycles. The molecule has 0 aliphatic rings. The summed E-state index contributed by atoms with van der Waals surface area (Å²) in [5, 5.41) is 6.54. The maximum Gasteiger partial charge on any atom is 0.278 e. The Labute approximate surface area is 154 Å². The second kappa shape index (κ2) is 7.41. The molecule has 0 fully saturated rings. The standard InChI is InChI=1S/C20H17N3O2S/c24-19(11-15-13-22-18-4-2-1-3-17(15)18)23-12-14-5-7-16(8-6-14)25-20-21-9-10-26-20/h1-10,13,22H,11-12H2,(H,23,24). The zero-order chi connectivity index (χ0) is 17.8. The van der Waals surface area contributed by atoms with Gasteiger partial charge in [0.25, 0.3) is 5.19 Å². The third-order valence-electron chi connectivity index (χ3n) is 4.05. The molecular formula is C20H17N3O2S. The van der Waals surface area contributed by atoms with E-state index in [4.69, 9.17) is 4.74 Å². The van der Waals surface area contributed by atoms with Gasteiger partial charge in [-0.1, -0.05) is 41.7 Å². The van der Waals surface area contributed by atoms with Crippen molar-refractivity contribution in [3.63, 3.8) is 0 Å². The molecule has 0 spiro atoms. The number of carbonyl (C=O) groups excluding carboxylic acids is 1. The van der Waals surface area contributed by atoms with Gasteiger partial charge >= 0.3 is 0 Å². The number of fused-ring (bicyclic) bond motifs is 1. The van der Waals surface area contributed by atoms with Crippen molar-refractivity contribution in [1.29, 1.82) is 0 Å². The number of amides is 1. The number of ether oxygens (including phenoxy) is 1. The molecule has 130 valence electrons. The molecule has 6 heteroatoms. The minimum atomic E-state index is -0.00198. The van der Waals surface area contributed by atoms with E-state index in [9.17, 15) is 4.79 Å². The Morgan fingerprint density at radius 2 is 2.00 bits per heavy atom. The number of hydrogen-bond acceptors (Lipinski definition) is 4. The normalized spacial score (nSPS) is 10.8. The van der Waals surface area contributed by atoms with Crippen LogP contribution in [0.1, 0.15) is 11.1 Å². The van der Waals surface area contributed by atoms with Gasteiger partial charge in [-0.15, -0.1) is 0 Å². The summed E-state index contributed by atoms with van der Waals surface area (Å²) in [6.45, 7) is 0.485. The van der Waals surface area contributed by atoms with Gasteiger partial charge in [-0.2, -0.15) is 0 Å². The molecule has 0 aliphatic carbocycles. The van der Waals surface area contributed by atoms with Crippen LogP contribution in [-0.2, 0) is 17.8 Å². The van der Waals surface area contributed by atoms with Crippen molar-refractivity contribution in [3.05, 3.63) is 77.4 Å². The second-order valence-electron chi connectivity index (χ2n) is 5.86. The maximum absolute atomic E-state index is 12.2. The molecule has 2 N–H and O–H groups in total. The van der Waals surface area contributed by atoms with Crippen LogP contribution >= 0.6 is 11.3 Å². The number of hydrogen-bond donors (Lipinski definition) is 2. The number of H-pyrrole nitrogens is 1. The predicted octanol–water partition coefficient (Wildman–Crippen LogP) is 4.28. The highest BCUT2D eigenvalue weighted by Gasteiger charge is 2.08. The van der Waals surface area contributed by atoms with Crippen LogP contribution < -0.4 is 10.1 Å². The van der Waals surface area contributed by atoms with Gasteiger partial charge in [0, 0.05) is 35.2 Å². The molecule has 0 aliphatic heterocycles. The summed E-state index contributed by atoms with van der Waals surface area (Å²) in [4.78, 5) is 19.5. The third kappa shape index (κ3) is 3.75. The van der Waals surface area contributed by atoms with Crippen LogP contribution in [0.15, 0.2) is 66.3 Å². The Balaban J connectivity index is 1.32. The van der Waals surface area contributed by atoms with Gasteiger partial charge in [0.05, 0.1) is 6.42 Å². The van der Waals surface area contributed by atoms with E-state index < -0.39 is 0 Å². The molecule has 2 heterocycles. The fourth-order valence-electron chi connectivity index (χ4n) is 2.75. The molecular weight excluding hydrogens is 346 g/mol. The molecule has 0 bridgehead atoms. The number of rotatable bonds is 6. The quantitative estimate of drug-likeness (QED) is 0.537. The molecule has 0 saturated heterocycles. The van der Waals surface area contributed by atoms with Crippen LogP contribution in [0.3, 0.4) is 0 Å². The first-order valence-electron chi connectivity index (χ1n) is 8.26. The number of aromatic amines is 1. The minimum absolute atomic E-state index is 0.00198. The summed E-state index contributed by atoms with van der Waals surface area (Å²) in [7, 11) is 0. The Kier molecular flexibility index (Phi) is 4.66. The van der Waals surface area contributed by atoms with E-state index in [0.717, 1.165) is 27.8 Å². The van der Waals surface area contributed by atoms with E-state index in [1.54, 1.807) is 6.20 Å². The molecule has 4 rings (SSSR count).